The Morgan fingerprint density at radius 2 is 1.96 bits per heavy atom. The molecule has 3 N–H and O–H groups in total. The zero-order valence-corrected chi connectivity index (χ0v) is 25.9. The minimum atomic E-state index is -4.86. The number of piperidine rings is 1. The van der Waals surface area contributed by atoms with Gasteiger partial charge < -0.3 is 35.1 Å². The smallest absolute Gasteiger partial charge is 0.423 e. The summed E-state index contributed by atoms with van der Waals surface area (Å²) in [6.45, 7) is 4.94. The van der Waals surface area contributed by atoms with Gasteiger partial charge in [-0.2, -0.15) is 18.2 Å². The number of carbonyl (C=O) groups excluding carboxylic acids is 2. The average Bonchev–Trinajstić information content (AvgIpc) is 3.17. The number of hydrogen-bond acceptors (Lipinski definition) is 9. The fourth-order valence-corrected chi connectivity index (χ4v) is 5.60. The lowest BCUT2D eigenvalue weighted by Crippen LogP contribution is -2.53. The van der Waals surface area contributed by atoms with E-state index in [2.05, 4.69) is 25.9 Å². The van der Waals surface area contributed by atoms with E-state index in [0.717, 1.165) is 0 Å². The molecule has 3 aromatic rings. The number of methoxy groups -OCH3 is 2. The summed E-state index contributed by atoms with van der Waals surface area (Å²) in [5.41, 5.74) is -0.881. The molecule has 0 radical (unpaired) electrons. The first-order chi connectivity index (χ1) is 21.3. The first-order valence-corrected chi connectivity index (χ1v) is 14.4. The van der Waals surface area contributed by atoms with Crippen molar-refractivity contribution in [2.24, 2.45) is 0 Å². The largest absolute Gasteiger partial charge is 0.495 e. The molecule has 0 spiro atoms. The van der Waals surface area contributed by atoms with Gasteiger partial charge in [-0.3, -0.25) is 9.59 Å². The number of halogens is 4. The Kier molecular flexibility index (Phi) is 8.84. The number of fused-ring (bicyclic) bond motifs is 1. The SMILES string of the molecule is COc1cc(C(=O)N[C@@H]2CCNC[C@@H]2OC)c(Cl)cc1Nc1ncc(C(F)(F)F)c(Oc2cccc3c2C(=O)N(C)C3(C)C)n1. The van der Waals surface area contributed by atoms with Gasteiger partial charge in [0.1, 0.15) is 17.1 Å². The maximum absolute atomic E-state index is 14.0. The van der Waals surface area contributed by atoms with Crippen LogP contribution in [0.5, 0.6) is 17.4 Å². The number of benzene rings is 2. The van der Waals surface area contributed by atoms with Crippen molar-refractivity contribution < 1.29 is 37.0 Å². The Balaban J connectivity index is 1.45. The molecule has 2 amide bonds. The van der Waals surface area contributed by atoms with Crippen LogP contribution in [0.2, 0.25) is 5.02 Å². The number of amides is 2. The fourth-order valence-electron chi connectivity index (χ4n) is 5.35. The number of ether oxygens (including phenoxy) is 3. The van der Waals surface area contributed by atoms with Gasteiger partial charge in [0.25, 0.3) is 11.8 Å². The highest BCUT2D eigenvalue weighted by Crippen LogP contribution is 2.44. The summed E-state index contributed by atoms with van der Waals surface area (Å²) in [5.74, 6) is -1.86. The van der Waals surface area contributed by atoms with Crippen molar-refractivity contribution in [2.45, 2.75) is 44.1 Å². The molecule has 2 aliphatic rings. The lowest BCUT2D eigenvalue weighted by molar-refractivity contribution is -0.139. The van der Waals surface area contributed by atoms with Gasteiger partial charge >= 0.3 is 6.18 Å². The molecule has 15 heteroatoms. The van der Waals surface area contributed by atoms with Crippen molar-refractivity contribution in [1.29, 1.82) is 0 Å². The highest BCUT2D eigenvalue weighted by Gasteiger charge is 2.43. The molecule has 1 saturated heterocycles. The highest BCUT2D eigenvalue weighted by atomic mass is 35.5. The number of aromatic nitrogens is 2. The molecule has 2 aromatic carbocycles. The highest BCUT2D eigenvalue weighted by molar-refractivity contribution is 6.34. The normalized spacial score (nSPS) is 19.2. The third-order valence-corrected chi connectivity index (χ3v) is 8.45. The third kappa shape index (κ3) is 6.22. The zero-order chi connectivity index (χ0) is 32.7. The van der Waals surface area contributed by atoms with Gasteiger partial charge in [-0.05, 0) is 50.6 Å². The van der Waals surface area contributed by atoms with Crippen LogP contribution in [-0.2, 0) is 16.5 Å². The van der Waals surface area contributed by atoms with Crippen LogP contribution < -0.4 is 25.4 Å². The molecule has 240 valence electrons. The number of rotatable bonds is 8. The van der Waals surface area contributed by atoms with E-state index >= 15 is 0 Å². The van der Waals surface area contributed by atoms with E-state index in [1.165, 1.54) is 30.2 Å². The number of nitrogens with one attached hydrogen (secondary N) is 3. The van der Waals surface area contributed by atoms with E-state index in [4.69, 9.17) is 25.8 Å². The second-order valence-corrected chi connectivity index (χ2v) is 11.5. The number of anilines is 2. The lowest BCUT2D eigenvalue weighted by atomic mass is 9.94. The first-order valence-electron chi connectivity index (χ1n) is 14.0. The van der Waals surface area contributed by atoms with E-state index in [-0.39, 0.29) is 51.4 Å². The average molecular weight is 649 g/mol. The van der Waals surface area contributed by atoms with Gasteiger partial charge in [0, 0.05) is 26.9 Å². The third-order valence-electron chi connectivity index (χ3n) is 8.13. The molecular formula is C30H32ClF3N6O5. The Labute approximate surface area is 262 Å². The summed E-state index contributed by atoms with van der Waals surface area (Å²) < 4.78 is 58.6. The maximum atomic E-state index is 14.0. The topological polar surface area (TPSA) is 127 Å². The van der Waals surface area contributed by atoms with Crippen LogP contribution in [0.15, 0.2) is 36.5 Å². The molecule has 5 rings (SSSR count). The Morgan fingerprint density at radius 1 is 1.20 bits per heavy atom. The van der Waals surface area contributed by atoms with Crippen LogP contribution in [0, 0.1) is 0 Å². The Hall–Kier alpha value is -4.14. The zero-order valence-electron chi connectivity index (χ0n) is 25.1. The molecule has 0 saturated carbocycles. The van der Waals surface area contributed by atoms with E-state index in [1.807, 2.05) is 13.8 Å². The molecular weight excluding hydrogens is 617 g/mol. The van der Waals surface area contributed by atoms with Crippen LogP contribution in [0.1, 0.15) is 52.1 Å². The molecule has 1 aromatic heterocycles. The second kappa shape index (κ2) is 12.3. The standard InChI is InChI=1S/C30H32ClF3N6O5/c1-29(2)16-7-6-8-21(24(16)27(42)40(29)3)45-26-17(30(32,33)34)13-36-28(39-26)38-20-12-18(31)15(11-22(20)43-4)25(41)37-19-9-10-35-14-23(19)44-5/h6-8,11-13,19,23,35H,9-10,14H2,1-5H3,(H,37,41)(H,36,38,39)/t19-,23+/m1/s1. The second-order valence-electron chi connectivity index (χ2n) is 11.1. The van der Waals surface area contributed by atoms with Crippen molar-refractivity contribution in [2.75, 3.05) is 39.7 Å². The molecule has 2 aliphatic heterocycles. The van der Waals surface area contributed by atoms with Crippen LogP contribution in [0.25, 0.3) is 0 Å². The van der Waals surface area contributed by atoms with Crippen molar-refractivity contribution in [3.8, 4) is 17.4 Å². The molecule has 0 bridgehead atoms. The van der Waals surface area contributed by atoms with Crippen LogP contribution in [0.4, 0.5) is 24.8 Å². The fraction of sp³-hybridized carbons (Fsp3) is 0.400. The molecule has 11 nitrogen and oxygen atoms in total. The summed E-state index contributed by atoms with van der Waals surface area (Å²) in [5, 5.41) is 8.99. The van der Waals surface area contributed by atoms with Crippen LogP contribution in [0.3, 0.4) is 0 Å². The van der Waals surface area contributed by atoms with E-state index in [9.17, 15) is 22.8 Å². The van der Waals surface area contributed by atoms with Crippen molar-refractivity contribution in [1.82, 2.24) is 25.5 Å². The lowest BCUT2D eigenvalue weighted by Gasteiger charge is -2.31. The van der Waals surface area contributed by atoms with Gasteiger partial charge in [-0.25, -0.2) is 4.98 Å². The van der Waals surface area contributed by atoms with Crippen molar-refractivity contribution in [3.63, 3.8) is 0 Å². The van der Waals surface area contributed by atoms with Gasteiger partial charge in [0.2, 0.25) is 11.8 Å². The van der Waals surface area contributed by atoms with E-state index in [0.29, 0.717) is 31.3 Å². The summed E-state index contributed by atoms with van der Waals surface area (Å²) >= 11 is 6.48. The molecule has 45 heavy (non-hydrogen) atoms. The molecule has 3 heterocycles. The molecule has 1 fully saturated rings. The number of alkyl halides is 3. The van der Waals surface area contributed by atoms with Crippen molar-refractivity contribution >= 4 is 35.1 Å². The quantitative estimate of drug-likeness (QED) is 0.305. The predicted octanol–water partition coefficient (Wildman–Crippen LogP) is 5.12. The predicted molar refractivity (Wildman–Crippen MR) is 159 cm³/mol. The molecule has 0 unspecified atom stereocenters. The minimum Gasteiger partial charge on any atom is -0.495 e. The summed E-state index contributed by atoms with van der Waals surface area (Å²) in [6.07, 6.45) is -3.85. The minimum absolute atomic E-state index is 0.0483. The van der Waals surface area contributed by atoms with E-state index in [1.54, 1.807) is 26.3 Å². The molecule has 0 aliphatic carbocycles. The molecule has 2 atom stereocenters. The summed E-state index contributed by atoms with van der Waals surface area (Å²) in [7, 11) is 4.53. The van der Waals surface area contributed by atoms with Crippen LogP contribution in [-0.4, -0.2) is 73.2 Å². The number of nitrogens with zero attached hydrogens (tertiary/aromatic N) is 3. The van der Waals surface area contributed by atoms with Gasteiger partial charge in [-0.1, -0.05) is 23.7 Å². The summed E-state index contributed by atoms with van der Waals surface area (Å²) in [6, 6.07) is 7.28. The monoisotopic (exact) mass is 648 g/mol. The Bertz CT molecular complexity index is 1640. The Morgan fingerprint density at radius 3 is 2.64 bits per heavy atom. The van der Waals surface area contributed by atoms with Gasteiger partial charge in [-0.15, -0.1) is 0 Å². The number of hydrogen-bond donors (Lipinski definition) is 3. The number of carbonyl (C=O) groups is 2. The first kappa shape index (κ1) is 32.3. The van der Waals surface area contributed by atoms with Gasteiger partial charge in [0.15, 0.2) is 0 Å². The van der Waals surface area contributed by atoms with Gasteiger partial charge in [0.05, 0.1) is 46.6 Å². The van der Waals surface area contributed by atoms with Crippen LogP contribution >= 0.6 is 11.6 Å². The maximum Gasteiger partial charge on any atom is 0.423 e. The summed E-state index contributed by atoms with van der Waals surface area (Å²) in [4.78, 5) is 35.5. The van der Waals surface area contributed by atoms with E-state index < -0.39 is 35.0 Å². The van der Waals surface area contributed by atoms with Crippen molar-refractivity contribution in [3.05, 3.63) is 63.8 Å².